The van der Waals surface area contributed by atoms with Gasteiger partial charge in [0.05, 0.1) is 5.25 Å². The molecule has 1 heterocycles. The van der Waals surface area contributed by atoms with Crippen molar-refractivity contribution >= 4 is 23.4 Å². The van der Waals surface area contributed by atoms with Crippen LogP contribution in [0.4, 0.5) is 10.1 Å². The van der Waals surface area contributed by atoms with Crippen LogP contribution in [-0.4, -0.2) is 26.3 Å². The first-order valence-electron chi connectivity index (χ1n) is 8.74. The fourth-order valence-electron chi connectivity index (χ4n) is 3.07. The summed E-state index contributed by atoms with van der Waals surface area (Å²) in [4.78, 5) is 16.7. The number of aryl methyl sites for hydroxylation is 1. The van der Waals surface area contributed by atoms with E-state index >= 15 is 0 Å². The van der Waals surface area contributed by atoms with E-state index in [2.05, 4.69) is 20.5 Å². The summed E-state index contributed by atoms with van der Waals surface area (Å²) in [7, 11) is 0. The molecule has 1 aliphatic rings. The molecule has 0 aliphatic heterocycles. The smallest absolute Gasteiger partial charge is 0.237 e. The highest BCUT2D eigenvalue weighted by atomic mass is 32.2. The zero-order chi connectivity index (χ0) is 17.6. The third-order valence-corrected chi connectivity index (χ3v) is 5.50. The van der Waals surface area contributed by atoms with Gasteiger partial charge < -0.3 is 5.32 Å². The van der Waals surface area contributed by atoms with E-state index in [0.29, 0.717) is 10.8 Å². The Morgan fingerprint density at radius 2 is 2.08 bits per heavy atom. The Labute approximate surface area is 151 Å². The lowest BCUT2D eigenvalue weighted by atomic mass is 10.0. The molecule has 1 aromatic heterocycles. The minimum Gasteiger partial charge on any atom is -0.325 e. The fourth-order valence-corrected chi connectivity index (χ4v) is 3.81. The number of rotatable bonds is 7. The standard InChI is InChI=1S/C18H23FN4OS/c1-12(17(24)20-15-9-7-14(19)8-10-15)25-18-21-16(22-23-18)11-6-13-4-2-3-5-13/h7-10,12-13H,2-6,11H2,1H3,(H,20,24)(H,21,22,23)/t12-/m1/s1. The Kier molecular flexibility index (Phi) is 6.07. The van der Waals surface area contributed by atoms with Gasteiger partial charge in [0, 0.05) is 12.1 Å². The summed E-state index contributed by atoms with van der Waals surface area (Å²) in [5.74, 6) is 1.22. The van der Waals surface area contributed by atoms with Crippen molar-refractivity contribution in [2.75, 3.05) is 5.32 Å². The summed E-state index contributed by atoms with van der Waals surface area (Å²) in [6.45, 7) is 1.80. The molecule has 1 amide bonds. The molecule has 0 radical (unpaired) electrons. The van der Waals surface area contributed by atoms with Crippen LogP contribution in [0, 0.1) is 11.7 Å². The van der Waals surface area contributed by atoms with Crippen LogP contribution in [-0.2, 0) is 11.2 Å². The number of amides is 1. The first kappa shape index (κ1) is 17.9. The second-order valence-corrected chi connectivity index (χ2v) is 7.82. The number of nitrogens with one attached hydrogen (secondary N) is 2. The van der Waals surface area contributed by atoms with Crippen LogP contribution in [0.5, 0.6) is 0 Å². The predicted octanol–water partition coefficient (Wildman–Crippen LogP) is 4.19. The molecule has 1 atom stereocenters. The molecular weight excluding hydrogens is 339 g/mol. The third-order valence-electron chi connectivity index (χ3n) is 4.54. The second kappa shape index (κ2) is 8.47. The van der Waals surface area contributed by atoms with E-state index in [0.717, 1.165) is 24.6 Å². The number of halogens is 1. The number of anilines is 1. The molecule has 0 spiro atoms. The summed E-state index contributed by atoms with van der Waals surface area (Å²) >= 11 is 1.31. The number of H-pyrrole nitrogens is 1. The van der Waals surface area contributed by atoms with Gasteiger partial charge in [-0.1, -0.05) is 37.4 Å². The summed E-state index contributed by atoms with van der Waals surface area (Å²) < 4.78 is 12.9. The van der Waals surface area contributed by atoms with Gasteiger partial charge in [-0.2, -0.15) is 0 Å². The summed E-state index contributed by atoms with van der Waals surface area (Å²) in [5, 5.41) is 10.2. The predicted molar refractivity (Wildman–Crippen MR) is 97.0 cm³/mol. The van der Waals surface area contributed by atoms with E-state index in [9.17, 15) is 9.18 Å². The molecular formula is C18H23FN4OS. The molecule has 7 heteroatoms. The van der Waals surface area contributed by atoms with Crippen molar-refractivity contribution in [3.8, 4) is 0 Å². The molecule has 2 N–H and O–H groups in total. The van der Waals surface area contributed by atoms with E-state index in [1.807, 2.05) is 0 Å². The van der Waals surface area contributed by atoms with Crippen LogP contribution in [0.15, 0.2) is 29.4 Å². The Bertz CT molecular complexity index is 697. The van der Waals surface area contributed by atoms with Crippen molar-refractivity contribution in [3.63, 3.8) is 0 Å². The number of nitrogens with zero attached hydrogens (tertiary/aromatic N) is 2. The Morgan fingerprint density at radius 1 is 1.36 bits per heavy atom. The average Bonchev–Trinajstić information content (AvgIpc) is 3.26. The van der Waals surface area contributed by atoms with Crippen molar-refractivity contribution in [1.82, 2.24) is 15.2 Å². The number of thioether (sulfide) groups is 1. The lowest BCUT2D eigenvalue weighted by molar-refractivity contribution is -0.115. The van der Waals surface area contributed by atoms with Crippen LogP contribution in [0.2, 0.25) is 0 Å². The first-order chi connectivity index (χ1) is 12.1. The number of aromatic amines is 1. The number of benzene rings is 1. The van der Waals surface area contributed by atoms with Gasteiger partial charge >= 0.3 is 0 Å². The number of aromatic nitrogens is 3. The molecule has 3 rings (SSSR count). The first-order valence-corrected chi connectivity index (χ1v) is 9.62. The molecule has 5 nitrogen and oxygen atoms in total. The zero-order valence-electron chi connectivity index (χ0n) is 14.3. The number of carbonyl (C=O) groups is 1. The molecule has 0 bridgehead atoms. The lowest BCUT2D eigenvalue weighted by Gasteiger charge is -2.10. The van der Waals surface area contributed by atoms with Crippen LogP contribution >= 0.6 is 11.8 Å². The number of carbonyl (C=O) groups excluding carboxylic acids is 1. The normalized spacial score (nSPS) is 16.1. The third kappa shape index (κ3) is 5.29. The molecule has 0 unspecified atom stereocenters. The second-order valence-electron chi connectivity index (χ2n) is 6.51. The van der Waals surface area contributed by atoms with E-state index in [-0.39, 0.29) is 17.0 Å². The highest BCUT2D eigenvalue weighted by Gasteiger charge is 2.19. The van der Waals surface area contributed by atoms with Gasteiger partial charge in [-0.05, 0) is 43.5 Å². The topological polar surface area (TPSA) is 70.7 Å². The maximum Gasteiger partial charge on any atom is 0.237 e. The van der Waals surface area contributed by atoms with Crippen LogP contribution in [0.25, 0.3) is 0 Å². The van der Waals surface area contributed by atoms with Gasteiger partial charge in [0.1, 0.15) is 11.6 Å². The fraction of sp³-hybridized carbons (Fsp3) is 0.500. The highest BCUT2D eigenvalue weighted by Crippen LogP contribution is 2.28. The number of hydrogen-bond acceptors (Lipinski definition) is 4. The SMILES string of the molecule is C[C@@H](Sc1n[nH]c(CCC2CCCC2)n1)C(=O)Nc1ccc(F)cc1. The minimum absolute atomic E-state index is 0.158. The van der Waals surface area contributed by atoms with Crippen LogP contribution in [0.1, 0.15) is 44.9 Å². The van der Waals surface area contributed by atoms with E-state index in [1.165, 1.54) is 49.6 Å². The Balaban J connectivity index is 1.47. The maximum absolute atomic E-state index is 12.9. The van der Waals surface area contributed by atoms with Crippen molar-refractivity contribution in [2.24, 2.45) is 5.92 Å². The lowest BCUT2D eigenvalue weighted by Crippen LogP contribution is -2.22. The molecule has 1 saturated carbocycles. The molecule has 0 saturated heterocycles. The summed E-state index contributed by atoms with van der Waals surface area (Å²) in [5.41, 5.74) is 0.575. The monoisotopic (exact) mass is 362 g/mol. The van der Waals surface area contributed by atoms with Crippen LogP contribution < -0.4 is 5.32 Å². The van der Waals surface area contributed by atoms with E-state index < -0.39 is 0 Å². The Hall–Kier alpha value is -1.89. The summed E-state index contributed by atoms with van der Waals surface area (Å²) in [6, 6.07) is 5.72. The van der Waals surface area contributed by atoms with Gasteiger partial charge in [0.2, 0.25) is 11.1 Å². The zero-order valence-corrected chi connectivity index (χ0v) is 15.1. The molecule has 25 heavy (non-hydrogen) atoms. The van der Waals surface area contributed by atoms with Crippen molar-refractivity contribution < 1.29 is 9.18 Å². The van der Waals surface area contributed by atoms with Gasteiger partial charge in [0.15, 0.2) is 0 Å². The highest BCUT2D eigenvalue weighted by molar-refractivity contribution is 8.00. The van der Waals surface area contributed by atoms with Gasteiger partial charge in [-0.3, -0.25) is 9.89 Å². The van der Waals surface area contributed by atoms with E-state index in [1.54, 1.807) is 19.1 Å². The quantitative estimate of drug-likeness (QED) is 0.725. The van der Waals surface area contributed by atoms with Crippen molar-refractivity contribution in [2.45, 2.75) is 55.9 Å². The Morgan fingerprint density at radius 3 is 2.80 bits per heavy atom. The maximum atomic E-state index is 12.9. The van der Waals surface area contributed by atoms with Gasteiger partial charge in [0.25, 0.3) is 0 Å². The van der Waals surface area contributed by atoms with Crippen LogP contribution in [0.3, 0.4) is 0 Å². The average molecular weight is 362 g/mol. The minimum atomic E-state index is -0.344. The number of hydrogen-bond donors (Lipinski definition) is 2. The molecule has 2 aromatic rings. The summed E-state index contributed by atoms with van der Waals surface area (Å²) in [6.07, 6.45) is 7.42. The van der Waals surface area contributed by atoms with E-state index in [4.69, 9.17) is 0 Å². The van der Waals surface area contributed by atoms with Crippen molar-refractivity contribution in [1.29, 1.82) is 0 Å². The van der Waals surface area contributed by atoms with Crippen molar-refractivity contribution in [3.05, 3.63) is 35.9 Å². The molecule has 134 valence electrons. The molecule has 1 fully saturated rings. The van der Waals surface area contributed by atoms with Gasteiger partial charge in [-0.15, -0.1) is 5.10 Å². The molecule has 1 aliphatic carbocycles. The van der Waals surface area contributed by atoms with Gasteiger partial charge in [-0.25, -0.2) is 9.37 Å². The molecule has 1 aromatic carbocycles. The largest absolute Gasteiger partial charge is 0.325 e.